The number of aromatic amines is 1. The molecule has 3 rings (SSSR count). The summed E-state index contributed by atoms with van der Waals surface area (Å²) in [5.41, 5.74) is 3.28. The molecule has 0 aliphatic heterocycles. The third-order valence-electron chi connectivity index (χ3n) is 5.53. The highest BCUT2D eigenvalue weighted by atomic mass is 35.5. The van der Waals surface area contributed by atoms with Crippen LogP contribution in [0.15, 0.2) is 54.7 Å². The molecule has 0 bridgehead atoms. The average molecular weight is 454 g/mol. The fraction of sp³-hybridized carbons (Fsp3) is 0.385. The van der Waals surface area contributed by atoms with E-state index in [4.69, 9.17) is 11.6 Å². The van der Waals surface area contributed by atoms with Crippen molar-refractivity contribution in [2.24, 2.45) is 5.92 Å². The van der Waals surface area contributed by atoms with Crippen molar-refractivity contribution in [3.8, 4) is 0 Å². The van der Waals surface area contributed by atoms with Crippen LogP contribution in [0, 0.1) is 5.92 Å². The summed E-state index contributed by atoms with van der Waals surface area (Å²) >= 11 is 6.03. The van der Waals surface area contributed by atoms with E-state index in [-0.39, 0.29) is 18.4 Å². The van der Waals surface area contributed by atoms with Crippen molar-refractivity contribution >= 4 is 34.3 Å². The van der Waals surface area contributed by atoms with Crippen LogP contribution in [0.5, 0.6) is 0 Å². The monoisotopic (exact) mass is 453 g/mol. The minimum absolute atomic E-state index is 0.00937. The zero-order valence-electron chi connectivity index (χ0n) is 19.1. The standard InChI is InChI=1S/C26H32ClN3O2/c1-4-25(31)30(16-19(2)3)18-26(32)29(17-20-9-11-22(27)12-10-20)14-13-21-15-28-24-8-6-5-7-23(21)24/h5-12,15,19,28H,4,13-14,16-18H2,1-3H3. The number of benzene rings is 2. The molecule has 32 heavy (non-hydrogen) atoms. The van der Waals surface area contributed by atoms with Crippen molar-refractivity contribution in [1.82, 2.24) is 14.8 Å². The fourth-order valence-corrected chi connectivity index (χ4v) is 4.00. The minimum atomic E-state index is -0.0396. The van der Waals surface area contributed by atoms with E-state index in [9.17, 15) is 9.59 Å². The van der Waals surface area contributed by atoms with E-state index in [1.54, 1.807) is 4.90 Å². The molecule has 1 aromatic heterocycles. The highest BCUT2D eigenvalue weighted by Gasteiger charge is 2.21. The Morgan fingerprint density at radius 3 is 2.41 bits per heavy atom. The molecule has 6 heteroatoms. The predicted molar refractivity (Wildman–Crippen MR) is 131 cm³/mol. The van der Waals surface area contributed by atoms with E-state index < -0.39 is 0 Å². The molecule has 0 unspecified atom stereocenters. The number of amides is 2. The molecule has 0 saturated carbocycles. The number of rotatable bonds is 10. The Labute approximate surface area is 195 Å². The SMILES string of the molecule is CCC(=O)N(CC(=O)N(CCc1c[nH]c2ccccc12)Cc1ccc(Cl)cc1)CC(C)C. The first kappa shape index (κ1) is 23.9. The summed E-state index contributed by atoms with van der Waals surface area (Å²) in [6.07, 6.45) is 3.14. The molecule has 3 aromatic rings. The first-order valence-corrected chi connectivity index (χ1v) is 11.6. The number of fused-ring (bicyclic) bond motifs is 1. The Morgan fingerprint density at radius 1 is 1.00 bits per heavy atom. The summed E-state index contributed by atoms with van der Waals surface area (Å²) in [4.78, 5) is 32.6. The van der Waals surface area contributed by atoms with E-state index in [1.807, 2.05) is 54.4 Å². The number of nitrogens with one attached hydrogen (secondary N) is 1. The van der Waals surface area contributed by atoms with Gasteiger partial charge in [0.15, 0.2) is 0 Å². The normalized spacial score (nSPS) is 11.2. The highest BCUT2D eigenvalue weighted by molar-refractivity contribution is 6.30. The van der Waals surface area contributed by atoms with Gasteiger partial charge in [-0.25, -0.2) is 0 Å². The Bertz CT molecular complexity index is 1040. The third-order valence-corrected chi connectivity index (χ3v) is 5.78. The lowest BCUT2D eigenvalue weighted by Crippen LogP contribution is -2.44. The zero-order valence-corrected chi connectivity index (χ0v) is 19.9. The fourth-order valence-electron chi connectivity index (χ4n) is 3.88. The maximum atomic E-state index is 13.3. The molecular weight excluding hydrogens is 422 g/mol. The van der Waals surface area contributed by atoms with Gasteiger partial charge in [0.05, 0.1) is 6.54 Å². The van der Waals surface area contributed by atoms with Crippen LogP contribution >= 0.6 is 11.6 Å². The van der Waals surface area contributed by atoms with Gasteiger partial charge in [0.1, 0.15) is 0 Å². The number of nitrogens with zero attached hydrogens (tertiary/aromatic N) is 2. The number of aromatic nitrogens is 1. The van der Waals surface area contributed by atoms with Gasteiger partial charge in [0, 0.05) is 48.2 Å². The Kier molecular flexibility index (Phi) is 8.34. The number of hydrogen-bond donors (Lipinski definition) is 1. The van der Waals surface area contributed by atoms with Crippen LogP contribution in [0.25, 0.3) is 10.9 Å². The smallest absolute Gasteiger partial charge is 0.242 e. The second-order valence-corrected chi connectivity index (χ2v) is 9.01. The van der Waals surface area contributed by atoms with E-state index in [2.05, 4.69) is 31.0 Å². The number of hydrogen-bond acceptors (Lipinski definition) is 2. The summed E-state index contributed by atoms with van der Waals surface area (Å²) in [5, 5.41) is 1.84. The van der Waals surface area contributed by atoms with Gasteiger partial charge in [-0.3, -0.25) is 9.59 Å². The van der Waals surface area contributed by atoms with Crippen LogP contribution in [0.3, 0.4) is 0 Å². The maximum absolute atomic E-state index is 13.3. The molecule has 0 aliphatic rings. The van der Waals surface area contributed by atoms with Crippen LogP contribution in [-0.2, 0) is 22.6 Å². The molecule has 1 N–H and O–H groups in total. The maximum Gasteiger partial charge on any atom is 0.242 e. The first-order valence-electron chi connectivity index (χ1n) is 11.2. The predicted octanol–water partition coefficient (Wildman–Crippen LogP) is 5.29. The van der Waals surface area contributed by atoms with Crippen LogP contribution in [0.2, 0.25) is 5.02 Å². The molecule has 0 spiro atoms. The molecular formula is C26H32ClN3O2. The number of para-hydroxylation sites is 1. The van der Waals surface area contributed by atoms with Crippen molar-refractivity contribution in [1.29, 1.82) is 0 Å². The molecule has 5 nitrogen and oxygen atoms in total. The Morgan fingerprint density at radius 2 is 1.72 bits per heavy atom. The van der Waals surface area contributed by atoms with Crippen molar-refractivity contribution in [2.45, 2.75) is 40.2 Å². The van der Waals surface area contributed by atoms with E-state index in [0.717, 1.165) is 17.5 Å². The second-order valence-electron chi connectivity index (χ2n) is 8.57. The number of carbonyl (C=O) groups is 2. The number of carbonyl (C=O) groups excluding carboxylic acids is 2. The summed E-state index contributed by atoms with van der Waals surface area (Å²) in [5.74, 6) is 0.270. The van der Waals surface area contributed by atoms with Crippen molar-refractivity contribution in [3.63, 3.8) is 0 Å². The Balaban J connectivity index is 1.77. The van der Waals surface area contributed by atoms with Crippen LogP contribution in [0.1, 0.15) is 38.3 Å². The number of halogens is 1. The van der Waals surface area contributed by atoms with E-state index in [0.29, 0.717) is 37.0 Å². The van der Waals surface area contributed by atoms with Gasteiger partial charge < -0.3 is 14.8 Å². The van der Waals surface area contributed by atoms with E-state index in [1.165, 1.54) is 10.9 Å². The van der Waals surface area contributed by atoms with Crippen molar-refractivity contribution < 1.29 is 9.59 Å². The van der Waals surface area contributed by atoms with Gasteiger partial charge in [-0.2, -0.15) is 0 Å². The Hall–Kier alpha value is -2.79. The molecule has 0 aliphatic carbocycles. The summed E-state index contributed by atoms with van der Waals surface area (Å²) in [6.45, 7) is 7.68. The average Bonchev–Trinajstić information content (AvgIpc) is 3.19. The lowest BCUT2D eigenvalue weighted by molar-refractivity contribution is -0.141. The molecule has 1 heterocycles. The van der Waals surface area contributed by atoms with Gasteiger partial charge >= 0.3 is 0 Å². The third kappa shape index (κ3) is 6.36. The van der Waals surface area contributed by atoms with Gasteiger partial charge in [0.2, 0.25) is 11.8 Å². The van der Waals surface area contributed by atoms with Crippen molar-refractivity contribution in [2.75, 3.05) is 19.6 Å². The van der Waals surface area contributed by atoms with Crippen molar-refractivity contribution in [3.05, 3.63) is 70.9 Å². The molecule has 2 aromatic carbocycles. The summed E-state index contributed by atoms with van der Waals surface area (Å²) in [7, 11) is 0. The summed E-state index contributed by atoms with van der Waals surface area (Å²) in [6, 6.07) is 15.7. The minimum Gasteiger partial charge on any atom is -0.361 e. The van der Waals surface area contributed by atoms with Gasteiger partial charge in [-0.05, 0) is 41.7 Å². The topological polar surface area (TPSA) is 56.4 Å². The van der Waals surface area contributed by atoms with Crippen LogP contribution < -0.4 is 0 Å². The molecule has 0 fully saturated rings. The van der Waals surface area contributed by atoms with E-state index >= 15 is 0 Å². The van der Waals surface area contributed by atoms with Crippen LogP contribution in [0.4, 0.5) is 0 Å². The quantitative estimate of drug-likeness (QED) is 0.453. The molecule has 170 valence electrons. The zero-order chi connectivity index (χ0) is 23.1. The molecule has 0 atom stereocenters. The molecule has 2 amide bonds. The lowest BCUT2D eigenvalue weighted by Gasteiger charge is -2.29. The number of H-pyrrole nitrogens is 1. The molecule has 0 saturated heterocycles. The first-order chi connectivity index (χ1) is 15.4. The lowest BCUT2D eigenvalue weighted by atomic mass is 10.1. The summed E-state index contributed by atoms with van der Waals surface area (Å²) < 4.78 is 0. The van der Waals surface area contributed by atoms with Gasteiger partial charge in [0.25, 0.3) is 0 Å². The second kappa shape index (κ2) is 11.2. The highest BCUT2D eigenvalue weighted by Crippen LogP contribution is 2.19. The van der Waals surface area contributed by atoms with Gasteiger partial charge in [-0.15, -0.1) is 0 Å². The van der Waals surface area contributed by atoms with Crippen LogP contribution in [-0.4, -0.2) is 46.2 Å². The molecule has 0 radical (unpaired) electrons. The largest absolute Gasteiger partial charge is 0.361 e. The van der Waals surface area contributed by atoms with Gasteiger partial charge in [-0.1, -0.05) is 62.7 Å².